The number of hydrogen-bond acceptors (Lipinski definition) is 6. The zero-order valence-electron chi connectivity index (χ0n) is 14.3. The number of nitrogens with zero attached hydrogens (tertiary/aromatic N) is 3. The van der Waals surface area contributed by atoms with Gasteiger partial charge in [-0.05, 0) is 43.3 Å². The maximum Gasteiger partial charge on any atom is 0.263 e. The van der Waals surface area contributed by atoms with Crippen molar-refractivity contribution in [2.75, 3.05) is 17.2 Å². The lowest BCUT2D eigenvalue weighted by Gasteiger charge is -2.08. The van der Waals surface area contributed by atoms with Crippen LogP contribution < -0.4 is 15.4 Å². The molecule has 132 valence electrons. The van der Waals surface area contributed by atoms with Gasteiger partial charge in [-0.1, -0.05) is 23.8 Å². The fourth-order valence-electron chi connectivity index (χ4n) is 2.14. The molecule has 1 amide bonds. The number of amides is 1. The SMILES string of the molecule is Cc1ccc(OCC(=O)Nc2ccc(NCc3ccccn3)nn2)cc1. The topological polar surface area (TPSA) is 89.0 Å². The number of rotatable bonds is 7. The maximum atomic E-state index is 11.9. The number of ether oxygens (including phenoxy) is 1. The summed E-state index contributed by atoms with van der Waals surface area (Å²) in [5.74, 6) is 1.32. The van der Waals surface area contributed by atoms with E-state index in [1.807, 2.05) is 49.4 Å². The van der Waals surface area contributed by atoms with Crippen LogP contribution >= 0.6 is 0 Å². The smallest absolute Gasteiger partial charge is 0.263 e. The van der Waals surface area contributed by atoms with E-state index in [0.717, 1.165) is 11.3 Å². The van der Waals surface area contributed by atoms with Gasteiger partial charge in [-0.2, -0.15) is 0 Å². The molecule has 2 heterocycles. The largest absolute Gasteiger partial charge is 0.484 e. The Morgan fingerprint density at radius 3 is 2.46 bits per heavy atom. The van der Waals surface area contributed by atoms with E-state index in [9.17, 15) is 4.79 Å². The van der Waals surface area contributed by atoms with Gasteiger partial charge in [0.2, 0.25) is 0 Å². The van der Waals surface area contributed by atoms with E-state index in [-0.39, 0.29) is 12.5 Å². The van der Waals surface area contributed by atoms with Crippen molar-refractivity contribution in [1.82, 2.24) is 15.2 Å². The second-order valence-corrected chi connectivity index (χ2v) is 5.63. The molecule has 0 aliphatic heterocycles. The summed E-state index contributed by atoms with van der Waals surface area (Å²) in [6.45, 7) is 2.44. The van der Waals surface area contributed by atoms with E-state index < -0.39 is 0 Å². The van der Waals surface area contributed by atoms with Crippen molar-refractivity contribution in [3.63, 3.8) is 0 Å². The average molecular weight is 349 g/mol. The molecule has 0 aliphatic carbocycles. The Morgan fingerprint density at radius 1 is 1.00 bits per heavy atom. The molecular weight excluding hydrogens is 330 g/mol. The van der Waals surface area contributed by atoms with Crippen LogP contribution in [0.3, 0.4) is 0 Å². The second kappa shape index (κ2) is 8.57. The Hall–Kier alpha value is -3.48. The number of aromatic nitrogens is 3. The lowest BCUT2D eigenvalue weighted by atomic mass is 10.2. The number of hydrogen-bond donors (Lipinski definition) is 2. The van der Waals surface area contributed by atoms with E-state index in [1.54, 1.807) is 18.3 Å². The average Bonchev–Trinajstić information content (AvgIpc) is 2.68. The minimum Gasteiger partial charge on any atom is -0.484 e. The zero-order valence-corrected chi connectivity index (χ0v) is 14.3. The molecule has 26 heavy (non-hydrogen) atoms. The van der Waals surface area contributed by atoms with E-state index in [1.165, 1.54) is 0 Å². The van der Waals surface area contributed by atoms with Crippen LogP contribution in [0.2, 0.25) is 0 Å². The van der Waals surface area contributed by atoms with Crippen LogP contribution in [0.5, 0.6) is 5.75 Å². The summed E-state index contributed by atoms with van der Waals surface area (Å²) >= 11 is 0. The highest BCUT2D eigenvalue weighted by molar-refractivity contribution is 5.90. The first-order valence-electron chi connectivity index (χ1n) is 8.16. The molecule has 1 aromatic carbocycles. The van der Waals surface area contributed by atoms with Crippen molar-refractivity contribution in [2.24, 2.45) is 0 Å². The molecule has 0 unspecified atom stereocenters. The third kappa shape index (κ3) is 5.27. The molecular formula is C19H19N5O2. The van der Waals surface area contributed by atoms with Gasteiger partial charge < -0.3 is 15.4 Å². The van der Waals surface area contributed by atoms with Crippen LogP contribution in [0.25, 0.3) is 0 Å². The van der Waals surface area contributed by atoms with Gasteiger partial charge in [-0.25, -0.2) is 0 Å². The monoisotopic (exact) mass is 349 g/mol. The summed E-state index contributed by atoms with van der Waals surface area (Å²) < 4.78 is 5.43. The molecule has 0 saturated heterocycles. The number of benzene rings is 1. The molecule has 7 heteroatoms. The summed E-state index contributed by atoms with van der Waals surface area (Å²) in [6.07, 6.45) is 1.74. The molecule has 7 nitrogen and oxygen atoms in total. The van der Waals surface area contributed by atoms with Gasteiger partial charge in [0, 0.05) is 6.20 Å². The van der Waals surface area contributed by atoms with Gasteiger partial charge in [-0.3, -0.25) is 9.78 Å². The highest BCUT2D eigenvalue weighted by Crippen LogP contribution is 2.12. The summed E-state index contributed by atoms with van der Waals surface area (Å²) in [6, 6.07) is 16.6. The van der Waals surface area contributed by atoms with Crippen molar-refractivity contribution in [3.05, 3.63) is 72.1 Å². The van der Waals surface area contributed by atoms with E-state index >= 15 is 0 Å². The van der Waals surface area contributed by atoms with E-state index in [2.05, 4.69) is 25.8 Å². The number of nitrogens with one attached hydrogen (secondary N) is 2. The molecule has 0 fully saturated rings. The third-order valence-corrected chi connectivity index (χ3v) is 3.50. The number of carbonyl (C=O) groups is 1. The standard InChI is InChI=1S/C19H19N5O2/c1-14-5-7-16(8-6-14)26-13-19(25)22-18-10-9-17(23-24-18)21-12-15-4-2-3-11-20-15/h2-11H,12-13H2,1H3,(H,21,23)(H,22,24,25). The van der Waals surface area contributed by atoms with Crippen molar-refractivity contribution in [2.45, 2.75) is 13.5 Å². The summed E-state index contributed by atoms with van der Waals surface area (Å²) in [5.41, 5.74) is 2.04. The van der Waals surface area contributed by atoms with Crippen molar-refractivity contribution >= 4 is 17.5 Å². The summed E-state index contributed by atoms with van der Waals surface area (Å²) in [7, 11) is 0. The molecule has 2 N–H and O–H groups in total. The Bertz CT molecular complexity index is 836. The highest BCUT2D eigenvalue weighted by atomic mass is 16.5. The Kier molecular flexibility index (Phi) is 5.72. The quantitative estimate of drug-likeness (QED) is 0.682. The van der Waals surface area contributed by atoms with Crippen LogP contribution in [0.1, 0.15) is 11.3 Å². The van der Waals surface area contributed by atoms with Gasteiger partial charge in [0.25, 0.3) is 5.91 Å². The summed E-state index contributed by atoms with van der Waals surface area (Å²) in [5, 5.41) is 13.8. The first-order chi connectivity index (χ1) is 12.7. The number of aryl methyl sites for hydroxylation is 1. The molecule has 3 aromatic rings. The van der Waals surface area contributed by atoms with Gasteiger partial charge in [0.05, 0.1) is 12.2 Å². The van der Waals surface area contributed by atoms with E-state index in [0.29, 0.717) is 23.9 Å². The minimum absolute atomic E-state index is 0.0928. The number of anilines is 2. The molecule has 0 saturated carbocycles. The summed E-state index contributed by atoms with van der Waals surface area (Å²) in [4.78, 5) is 16.1. The van der Waals surface area contributed by atoms with Crippen LogP contribution in [0.4, 0.5) is 11.6 Å². The van der Waals surface area contributed by atoms with Gasteiger partial charge in [0.15, 0.2) is 12.4 Å². The highest BCUT2D eigenvalue weighted by Gasteiger charge is 2.06. The van der Waals surface area contributed by atoms with Crippen molar-refractivity contribution < 1.29 is 9.53 Å². The van der Waals surface area contributed by atoms with Gasteiger partial charge in [-0.15, -0.1) is 10.2 Å². The Morgan fingerprint density at radius 2 is 1.77 bits per heavy atom. The third-order valence-electron chi connectivity index (χ3n) is 3.50. The predicted octanol–water partition coefficient (Wildman–Crippen LogP) is 2.81. The first kappa shape index (κ1) is 17.3. The molecule has 3 rings (SSSR count). The van der Waals surface area contributed by atoms with Crippen molar-refractivity contribution in [1.29, 1.82) is 0 Å². The normalized spacial score (nSPS) is 10.2. The lowest BCUT2D eigenvalue weighted by molar-refractivity contribution is -0.118. The zero-order chi connectivity index (χ0) is 18.2. The van der Waals surface area contributed by atoms with Crippen LogP contribution in [0.15, 0.2) is 60.8 Å². The van der Waals surface area contributed by atoms with Crippen molar-refractivity contribution in [3.8, 4) is 5.75 Å². The van der Waals surface area contributed by atoms with Gasteiger partial charge in [0.1, 0.15) is 11.6 Å². The molecule has 0 spiro atoms. The fourth-order valence-corrected chi connectivity index (χ4v) is 2.14. The predicted molar refractivity (Wildman–Crippen MR) is 98.9 cm³/mol. The fraction of sp³-hybridized carbons (Fsp3) is 0.158. The first-order valence-corrected chi connectivity index (χ1v) is 8.16. The minimum atomic E-state index is -0.297. The van der Waals surface area contributed by atoms with E-state index in [4.69, 9.17) is 4.74 Å². The molecule has 0 aliphatic rings. The van der Waals surface area contributed by atoms with Gasteiger partial charge >= 0.3 is 0 Å². The molecule has 0 radical (unpaired) electrons. The molecule has 0 atom stereocenters. The molecule has 2 aromatic heterocycles. The van der Waals surface area contributed by atoms with Crippen LogP contribution in [-0.4, -0.2) is 27.7 Å². The van der Waals surface area contributed by atoms with Crippen LogP contribution in [0, 0.1) is 6.92 Å². The Labute approximate surface area is 151 Å². The number of carbonyl (C=O) groups excluding carboxylic acids is 1. The lowest BCUT2D eigenvalue weighted by Crippen LogP contribution is -2.21. The maximum absolute atomic E-state index is 11.9. The Balaban J connectivity index is 1.45. The number of pyridine rings is 1. The molecule has 0 bridgehead atoms. The van der Waals surface area contributed by atoms with Crippen LogP contribution in [-0.2, 0) is 11.3 Å². The second-order valence-electron chi connectivity index (χ2n) is 5.63.